The van der Waals surface area contributed by atoms with Crippen LogP contribution in [0.2, 0.25) is 0 Å². The Hall–Kier alpha value is -4.50. The van der Waals surface area contributed by atoms with E-state index in [1.54, 1.807) is 67.8 Å². The van der Waals surface area contributed by atoms with Crippen molar-refractivity contribution in [3.05, 3.63) is 83.0 Å². The minimum Gasteiger partial charge on any atom is -0.497 e. The van der Waals surface area contributed by atoms with Crippen molar-refractivity contribution in [2.75, 3.05) is 36.9 Å². The molecule has 184 valence electrons. The molecule has 10 heteroatoms. The summed E-state index contributed by atoms with van der Waals surface area (Å²) >= 11 is 6.23. The number of methoxy groups -OCH3 is 3. The van der Waals surface area contributed by atoms with Gasteiger partial charge in [0.05, 0.1) is 27.0 Å². The Kier molecular flexibility index (Phi) is 7.12. The molecule has 36 heavy (non-hydrogen) atoms. The predicted octanol–water partition coefficient (Wildman–Crippen LogP) is 4.40. The average molecular weight is 508 g/mol. The van der Waals surface area contributed by atoms with E-state index in [1.807, 2.05) is 0 Å². The molecule has 0 fully saturated rings. The normalized spacial score (nSPS) is 13.1. The molecule has 0 spiro atoms. The lowest BCUT2D eigenvalue weighted by atomic mass is 10.2. The molecular weight excluding hydrogens is 486 g/mol. The van der Waals surface area contributed by atoms with Gasteiger partial charge in [-0.05, 0) is 60.7 Å². The molecule has 1 heterocycles. The lowest BCUT2D eigenvalue weighted by Crippen LogP contribution is -2.32. The van der Waals surface area contributed by atoms with E-state index in [9.17, 15) is 14.4 Å². The molecule has 4 rings (SSSR count). The zero-order valence-electron chi connectivity index (χ0n) is 19.6. The van der Waals surface area contributed by atoms with Gasteiger partial charge in [0.2, 0.25) is 0 Å². The van der Waals surface area contributed by atoms with Crippen LogP contribution in [0.15, 0.2) is 77.5 Å². The summed E-state index contributed by atoms with van der Waals surface area (Å²) in [7, 11) is 4.48. The molecule has 0 bridgehead atoms. The van der Waals surface area contributed by atoms with Gasteiger partial charge in [0, 0.05) is 23.0 Å². The highest BCUT2D eigenvalue weighted by atomic mass is 35.5. The van der Waals surface area contributed by atoms with E-state index < -0.39 is 11.8 Å². The van der Waals surface area contributed by atoms with Gasteiger partial charge in [-0.25, -0.2) is 4.90 Å². The molecule has 0 aromatic heterocycles. The number of carbonyl (C=O) groups excluding carboxylic acids is 3. The molecule has 2 N–H and O–H groups in total. The fraction of sp³-hybridized carbons (Fsp3) is 0.115. The SMILES string of the molecule is COc1ccc(NC(=O)c2ccc(NC3=C(Cl)C(=O)N(c4ccc(OC)cc4OC)C3=O)cc2)cc1. The molecule has 0 saturated heterocycles. The lowest BCUT2D eigenvalue weighted by molar-refractivity contribution is -0.120. The quantitative estimate of drug-likeness (QED) is 0.435. The maximum atomic E-state index is 13.1. The predicted molar refractivity (Wildman–Crippen MR) is 136 cm³/mol. The number of amides is 3. The van der Waals surface area contributed by atoms with Crippen molar-refractivity contribution >= 4 is 46.4 Å². The maximum absolute atomic E-state index is 13.1. The highest BCUT2D eigenvalue weighted by molar-refractivity contribution is 6.53. The first kappa shape index (κ1) is 24.6. The Morgan fingerprint density at radius 3 is 2.00 bits per heavy atom. The Morgan fingerprint density at radius 1 is 0.778 bits per heavy atom. The molecule has 9 nitrogen and oxygen atoms in total. The number of anilines is 3. The van der Waals surface area contributed by atoms with Crippen LogP contribution >= 0.6 is 11.6 Å². The molecule has 1 aliphatic rings. The number of nitrogens with one attached hydrogen (secondary N) is 2. The first-order valence-electron chi connectivity index (χ1n) is 10.7. The monoisotopic (exact) mass is 507 g/mol. The molecule has 3 aromatic rings. The summed E-state index contributed by atoms with van der Waals surface area (Å²) in [6, 6.07) is 18.0. The summed E-state index contributed by atoms with van der Waals surface area (Å²) in [4.78, 5) is 39.4. The highest BCUT2D eigenvalue weighted by Gasteiger charge is 2.40. The second-order valence-corrected chi connectivity index (χ2v) is 7.94. The fourth-order valence-corrected chi connectivity index (χ4v) is 3.74. The lowest BCUT2D eigenvalue weighted by Gasteiger charge is -2.18. The average Bonchev–Trinajstić information content (AvgIpc) is 3.11. The van der Waals surface area contributed by atoms with Crippen molar-refractivity contribution in [2.45, 2.75) is 0 Å². The molecular formula is C26H22ClN3O6. The van der Waals surface area contributed by atoms with Crippen LogP contribution in [0.25, 0.3) is 0 Å². The van der Waals surface area contributed by atoms with Gasteiger partial charge in [-0.3, -0.25) is 14.4 Å². The van der Waals surface area contributed by atoms with Crippen LogP contribution in [0.5, 0.6) is 17.2 Å². The number of rotatable bonds is 8. The number of carbonyl (C=O) groups is 3. The zero-order valence-corrected chi connectivity index (χ0v) is 20.4. The number of halogens is 1. The van der Waals surface area contributed by atoms with E-state index in [0.717, 1.165) is 4.90 Å². The summed E-state index contributed by atoms with van der Waals surface area (Å²) in [5, 5.41) is 5.41. The Morgan fingerprint density at radius 2 is 1.39 bits per heavy atom. The summed E-state index contributed by atoms with van der Waals surface area (Å²) in [5.41, 5.74) is 1.62. The topological polar surface area (TPSA) is 106 Å². The number of hydrogen-bond donors (Lipinski definition) is 2. The number of hydrogen-bond acceptors (Lipinski definition) is 7. The van der Waals surface area contributed by atoms with Gasteiger partial charge in [-0.1, -0.05) is 11.6 Å². The van der Waals surface area contributed by atoms with Gasteiger partial charge in [-0.2, -0.15) is 0 Å². The van der Waals surface area contributed by atoms with Crippen molar-refractivity contribution in [2.24, 2.45) is 0 Å². The first-order valence-corrected chi connectivity index (χ1v) is 11.1. The van der Waals surface area contributed by atoms with E-state index in [4.69, 9.17) is 25.8 Å². The third-order valence-corrected chi connectivity index (χ3v) is 5.77. The molecule has 0 unspecified atom stereocenters. The number of ether oxygens (including phenoxy) is 3. The van der Waals surface area contributed by atoms with Gasteiger partial charge < -0.3 is 24.8 Å². The molecule has 0 saturated carbocycles. The molecule has 1 aliphatic heterocycles. The van der Waals surface area contributed by atoms with Gasteiger partial charge in [0.15, 0.2) is 0 Å². The number of imide groups is 1. The van der Waals surface area contributed by atoms with Crippen LogP contribution in [0, 0.1) is 0 Å². The van der Waals surface area contributed by atoms with Crippen LogP contribution in [0.1, 0.15) is 10.4 Å². The van der Waals surface area contributed by atoms with Crippen LogP contribution < -0.4 is 29.7 Å². The standard InChI is InChI=1S/C26H22ClN3O6/c1-34-18-10-8-17(9-11-18)29-24(31)15-4-6-16(7-5-15)28-23-22(27)25(32)30(26(23)33)20-13-12-19(35-2)14-21(20)36-3/h4-14,28H,1-3H3,(H,29,31). The largest absolute Gasteiger partial charge is 0.497 e. The second-order valence-electron chi connectivity index (χ2n) is 7.56. The van der Waals surface area contributed by atoms with Crippen LogP contribution in [-0.2, 0) is 9.59 Å². The third-order valence-electron chi connectivity index (χ3n) is 5.42. The summed E-state index contributed by atoms with van der Waals surface area (Å²) in [5.74, 6) is -0.190. The zero-order chi connectivity index (χ0) is 25.8. The summed E-state index contributed by atoms with van der Waals surface area (Å²) in [6.07, 6.45) is 0. The van der Waals surface area contributed by atoms with Crippen LogP contribution in [0.4, 0.5) is 17.1 Å². The van der Waals surface area contributed by atoms with Gasteiger partial charge in [0.1, 0.15) is 28.0 Å². The van der Waals surface area contributed by atoms with Crippen molar-refractivity contribution in [1.29, 1.82) is 0 Å². The van der Waals surface area contributed by atoms with Gasteiger partial charge in [-0.15, -0.1) is 0 Å². The minimum atomic E-state index is -0.692. The second kappa shape index (κ2) is 10.4. The van der Waals surface area contributed by atoms with Crippen molar-refractivity contribution in [3.63, 3.8) is 0 Å². The molecule has 0 radical (unpaired) electrons. The maximum Gasteiger partial charge on any atom is 0.283 e. The Balaban J connectivity index is 1.48. The number of benzene rings is 3. The summed E-state index contributed by atoms with van der Waals surface area (Å²) < 4.78 is 15.6. The molecule has 0 atom stereocenters. The van der Waals surface area contributed by atoms with Crippen molar-refractivity contribution in [3.8, 4) is 17.2 Å². The highest BCUT2D eigenvalue weighted by Crippen LogP contribution is 2.37. The molecule has 3 amide bonds. The van der Waals surface area contributed by atoms with E-state index in [-0.39, 0.29) is 28.1 Å². The van der Waals surface area contributed by atoms with E-state index in [1.165, 1.54) is 20.3 Å². The minimum absolute atomic E-state index is 0.0880. The van der Waals surface area contributed by atoms with Crippen LogP contribution in [-0.4, -0.2) is 39.1 Å². The van der Waals surface area contributed by atoms with Crippen LogP contribution in [0.3, 0.4) is 0 Å². The Bertz CT molecular complexity index is 1350. The summed E-state index contributed by atoms with van der Waals surface area (Å²) in [6.45, 7) is 0. The number of nitrogens with zero attached hydrogens (tertiary/aromatic N) is 1. The molecule has 3 aromatic carbocycles. The van der Waals surface area contributed by atoms with E-state index >= 15 is 0 Å². The van der Waals surface area contributed by atoms with Crippen molar-refractivity contribution < 1.29 is 28.6 Å². The van der Waals surface area contributed by atoms with Gasteiger partial charge >= 0.3 is 0 Å². The van der Waals surface area contributed by atoms with E-state index in [2.05, 4.69) is 10.6 Å². The van der Waals surface area contributed by atoms with Gasteiger partial charge in [0.25, 0.3) is 17.7 Å². The smallest absolute Gasteiger partial charge is 0.283 e. The Labute approximate surface area is 212 Å². The van der Waals surface area contributed by atoms with E-state index in [0.29, 0.717) is 28.4 Å². The molecule has 0 aliphatic carbocycles. The van der Waals surface area contributed by atoms with Crippen molar-refractivity contribution in [1.82, 2.24) is 0 Å². The first-order chi connectivity index (χ1) is 17.4. The third kappa shape index (κ3) is 4.82. The fourth-order valence-electron chi connectivity index (χ4n) is 3.53.